The second-order valence-electron chi connectivity index (χ2n) is 4.10. The van der Waals surface area contributed by atoms with Crippen LogP contribution in [0, 0.1) is 0 Å². The Hall–Kier alpha value is -1.07. The summed E-state index contributed by atoms with van der Waals surface area (Å²) >= 11 is 0. The standard InChI is InChI=1S/C12H18O4S/c1-5-12(2,15-3)10-6-8-11(9-7-10)16-17(4,13)14/h6-9H,5H2,1-4H3. The molecule has 1 unspecified atom stereocenters. The van der Waals surface area contributed by atoms with Crippen LogP contribution in [-0.4, -0.2) is 21.8 Å². The van der Waals surface area contributed by atoms with Gasteiger partial charge in [-0.2, -0.15) is 8.42 Å². The number of ether oxygens (including phenoxy) is 1. The van der Waals surface area contributed by atoms with Gasteiger partial charge in [0.05, 0.1) is 11.9 Å². The highest BCUT2D eigenvalue weighted by Gasteiger charge is 2.23. The van der Waals surface area contributed by atoms with Crippen LogP contribution in [0.1, 0.15) is 25.8 Å². The molecule has 0 aliphatic heterocycles. The average Bonchev–Trinajstić information content (AvgIpc) is 2.27. The molecule has 0 spiro atoms. The topological polar surface area (TPSA) is 52.6 Å². The van der Waals surface area contributed by atoms with Gasteiger partial charge in [0.1, 0.15) is 5.75 Å². The van der Waals surface area contributed by atoms with Gasteiger partial charge in [-0.1, -0.05) is 19.1 Å². The fourth-order valence-electron chi connectivity index (χ4n) is 1.50. The smallest absolute Gasteiger partial charge is 0.306 e. The average molecular weight is 258 g/mol. The fraction of sp³-hybridized carbons (Fsp3) is 0.500. The van der Waals surface area contributed by atoms with Crippen LogP contribution < -0.4 is 4.18 Å². The Morgan fingerprint density at radius 1 is 1.24 bits per heavy atom. The van der Waals surface area contributed by atoms with Crippen molar-refractivity contribution in [1.82, 2.24) is 0 Å². The minimum Gasteiger partial charge on any atom is -0.383 e. The summed E-state index contributed by atoms with van der Waals surface area (Å²) in [5.74, 6) is 0.311. The molecule has 0 aliphatic carbocycles. The van der Waals surface area contributed by atoms with E-state index in [4.69, 9.17) is 8.92 Å². The zero-order valence-electron chi connectivity index (χ0n) is 10.6. The summed E-state index contributed by atoms with van der Waals surface area (Å²) in [6, 6.07) is 6.88. The maximum Gasteiger partial charge on any atom is 0.306 e. The molecule has 0 heterocycles. The van der Waals surface area contributed by atoms with Crippen molar-refractivity contribution in [3.05, 3.63) is 29.8 Å². The Kier molecular flexibility index (Phi) is 4.16. The predicted molar refractivity (Wildman–Crippen MR) is 66.6 cm³/mol. The summed E-state index contributed by atoms with van der Waals surface area (Å²) in [6.45, 7) is 4.02. The largest absolute Gasteiger partial charge is 0.383 e. The molecule has 1 aromatic rings. The number of methoxy groups -OCH3 is 1. The summed E-state index contributed by atoms with van der Waals surface area (Å²) in [5, 5.41) is 0. The van der Waals surface area contributed by atoms with Crippen molar-refractivity contribution in [2.24, 2.45) is 0 Å². The first kappa shape index (κ1) is 14.0. The predicted octanol–water partition coefficient (Wildman–Crippen LogP) is 2.30. The van der Waals surface area contributed by atoms with Crippen molar-refractivity contribution in [1.29, 1.82) is 0 Å². The molecule has 4 nitrogen and oxygen atoms in total. The second-order valence-corrected chi connectivity index (χ2v) is 5.68. The van der Waals surface area contributed by atoms with E-state index in [0.717, 1.165) is 18.2 Å². The first-order valence-electron chi connectivity index (χ1n) is 5.36. The Morgan fingerprint density at radius 3 is 2.12 bits per heavy atom. The molecule has 0 bridgehead atoms. The van der Waals surface area contributed by atoms with Gasteiger partial charge in [0, 0.05) is 7.11 Å². The molecule has 96 valence electrons. The number of hydrogen-bond donors (Lipinski definition) is 0. The quantitative estimate of drug-likeness (QED) is 0.760. The lowest BCUT2D eigenvalue weighted by atomic mass is 9.93. The summed E-state index contributed by atoms with van der Waals surface area (Å²) in [5.41, 5.74) is 0.632. The summed E-state index contributed by atoms with van der Waals surface area (Å²) in [6.07, 6.45) is 1.85. The van der Waals surface area contributed by atoms with Crippen molar-refractivity contribution in [3.63, 3.8) is 0 Å². The van der Waals surface area contributed by atoms with Gasteiger partial charge < -0.3 is 8.92 Å². The van der Waals surface area contributed by atoms with E-state index < -0.39 is 10.1 Å². The molecule has 17 heavy (non-hydrogen) atoms. The molecular weight excluding hydrogens is 240 g/mol. The third-order valence-corrected chi connectivity index (χ3v) is 3.33. The molecule has 0 fully saturated rings. The van der Waals surface area contributed by atoms with Gasteiger partial charge in [-0.15, -0.1) is 0 Å². The van der Waals surface area contributed by atoms with Crippen molar-refractivity contribution in [2.75, 3.05) is 13.4 Å². The maximum absolute atomic E-state index is 10.9. The van der Waals surface area contributed by atoms with Gasteiger partial charge in [0.15, 0.2) is 0 Å². The van der Waals surface area contributed by atoms with E-state index in [1.165, 1.54) is 0 Å². The normalized spacial score (nSPS) is 15.3. The van der Waals surface area contributed by atoms with Crippen molar-refractivity contribution >= 4 is 10.1 Å². The molecule has 0 aromatic heterocycles. The van der Waals surface area contributed by atoms with Crippen molar-refractivity contribution in [3.8, 4) is 5.75 Å². The monoisotopic (exact) mass is 258 g/mol. The molecule has 1 atom stereocenters. The van der Waals surface area contributed by atoms with Crippen molar-refractivity contribution < 1.29 is 17.3 Å². The molecular formula is C12H18O4S. The summed E-state index contributed by atoms with van der Waals surface area (Å²) < 4.78 is 32.1. The molecule has 5 heteroatoms. The Morgan fingerprint density at radius 2 is 1.76 bits per heavy atom. The highest BCUT2D eigenvalue weighted by molar-refractivity contribution is 7.86. The highest BCUT2D eigenvalue weighted by atomic mass is 32.2. The zero-order valence-corrected chi connectivity index (χ0v) is 11.4. The number of benzene rings is 1. The molecule has 0 radical (unpaired) electrons. The third-order valence-electron chi connectivity index (χ3n) is 2.84. The van der Waals surface area contributed by atoms with E-state index in [1.807, 2.05) is 26.0 Å². The van der Waals surface area contributed by atoms with Gasteiger partial charge in [-0.25, -0.2) is 0 Å². The van der Waals surface area contributed by atoms with Crippen LogP contribution in [0.3, 0.4) is 0 Å². The minimum atomic E-state index is -3.47. The van der Waals surface area contributed by atoms with Crippen molar-refractivity contribution in [2.45, 2.75) is 25.9 Å². The van der Waals surface area contributed by atoms with E-state index >= 15 is 0 Å². The Labute approximate surface area is 103 Å². The molecule has 1 rings (SSSR count). The van der Waals surface area contributed by atoms with Crippen LogP contribution >= 0.6 is 0 Å². The number of rotatable bonds is 5. The third kappa shape index (κ3) is 3.71. The highest BCUT2D eigenvalue weighted by Crippen LogP contribution is 2.29. The van der Waals surface area contributed by atoms with Crippen LogP contribution in [-0.2, 0) is 20.5 Å². The van der Waals surface area contributed by atoms with Gasteiger partial charge >= 0.3 is 10.1 Å². The zero-order chi connectivity index (χ0) is 13.1. The van der Waals surface area contributed by atoms with Crippen LogP contribution in [0.4, 0.5) is 0 Å². The van der Waals surface area contributed by atoms with E-state index in [0.29, 0.717) is 5.75 Å². The Balaban J connectivity index is 2.96. The fourth-order valence-corrected chi connectivity index (χ4v) is 1.96. The lowest BCUT2D eigenvalue weighted by molar-refractivity contribution is -0.00140. The summed E-state index contributed by atoms with van der Waals surface area (Å²) in [7, 11) is -1.81. The van der Waals surface area contributed by atoms with Gasteiger partial charge in [0.25, 0.3) is 0 Å². The first-order valence-corrected chi connectivity index (χ1v) is 7.17. The van der Waals surface area contributed by atoms with Crippen LogP contribution in [0.2, 0.25) is 0 Å². The first-order chi connectivity index (χ1) is 7.80. The van der Waals surface area contributed by atoms with E-state index in [-0.39, 0.29) is 5.60 Å². The van der Waals surface area contributed by atoms with Crippen LogP contribution in [0.25, 0.3) is 0 Å². The minimum absolute atomic E-state index is 0.311. The molecule has 0 saturated carbocycles. The lowest BCUT2D eigenvalue weighted by Gasteiger charge is -2.27. The molecule has 0 saturated heterocycles. The second kappa shape index (κ2) is 5.06. The Bertz CT molecular complexity index is 458. The molecule has 0 amide bonds. The molecule has 1 aromatic carbocycles. The van der Waals surface area contributed by atoms with E-state index in [2.05, 4.69) is 0 Å². The molecule has 0 aliphatic rings. The number of hydrogen-bond acceptors (Lipinski definition) is 4. The SMILES string of the molecule is CCC(C)(OC)c1ccc(OS(C)(=O)=O)cc1. The summed E-state index contributed by atoms with van der Waals surface area (Å²) in [4.78, 5) is 0. The van der Waals surface area contributed by atoms with Crippen LogP contribution in [0.15, 0.2) is 24.3 Å². The maximum atomic E-state index is 10.9. The van der Waals surface area contributed by atoms with E-state index in [1.54, 1.807) is 19.2 Å². The van der Waals surface area contributed by atoms with Crippen LogP contribution in [0.5, 0.6) is 5.75 Å². The van der Waals surface area contributed by atoms with Gasteiger partial charge in [0.2, 0.25) is 0 Å². The van der Waals surface area contributed by atoms with Gasteiger partial charge in [-0.3, -0.25) is 0 Å². The lowest BCUT2D eigenvalue weighted by Crippen LogP contribution is -2.22. The van der Waals surface area contributed by atoms with E-state index in [9.17, 15) is 8.42 Å². The molecule has 0 N–H and O–H groups in total. The van der Waals surface area contributed by atoms with Gasteiger partial charge in [-0.05, 0) is 31.0 Å².